The number of rotatable bonds is 9. The van der Waals surface area contributed by atoms with Gasteiger partial charge in [-0.1, -0.05) is 12.1 Å². The van der Waals surface area contributed by atoms with E-state index in [1.807, 2.05) is 38.1 Å². The summed E-state index contributed by atoms with van der Waals surface area (Å²) < 4.78 is 57.3. The molecule has 1 aromatic heterocycles. The van der Waals surface area contributed by atoms with E-state index in [9.17, 15) is 23.4 Å². The molecule has 5 rings (SSSR count). The van der Waals surface area contributed by atoms with E-state index < -0.39 is 23.5 Å². The lowest BCUT2D eigenvalue weighted by Crippen LogP contribution is -2.53. The Balaban J connectivity index is 1.49. The number of benzene rings is 3. The first-order chi connectivity index (χ1) is 20.0. The van der Waals surface area contributed by atoms with Gasteiger partial charge in [0.05, 0.1) is 32.5 Å². The molecular weight excluding hydrogens is 549 g/mol. The summed E-state index contributed by atoms with van der Waals surface area (Å²) in [5.74, 6) is 1.62. The van der Waals surface area contributed by atoms with Crippen LogP contribution in [0.25, 0.3) is 22.0 Å². The topological polar surface area (TPSA) is 96.0 Å². The highest BCUT2D eigenvalue weighted by atomic mass is 19.4. The van der Waals surface area contributed by atoms with Gasteiger partial charge in [0.2, 0.25) is 0 Å². The Labute approximate surface area is 242 Å². The van der Waals surface area contributed by atoms with Crippen molar-refractivity contribution in [3.8, 4) is 28.4 Å². The van der Waals surface area contributed by atoms with Crippen LogP contribution >= 0.6 is 0 Å². The van der Waals surface area contributed by atoms with Crippen molar-refractivity contribution in [1.29, 1.82) is 0 Å². The third kappa shape index (κ3) is 5.79. The number of nitrogens with one attached hydrogen (secondary N) is 2. The quantitative estimate of drug-likeness (QED) is 0.176. The fourth-order valence-corrected chi connectivity index (χ4v) is 5.68. The standard InChI is InChI=1S/C32H35F3N2O5/c1-18(2)42-27-9-5-19(20-6-10-28(40-3)29(14-20)41-4)13-23(27)30(39)37-31(17-38)12-11-26-24(16-31)22-15-21(32(33,34)35)7-8-25(22)36-26/h5-10,13-15,18,30,36-39H,11-12,16-17H2,1-4H3. The molecule has 10 heteroatoms. The molecular formula is C32H35F3N2O5. The minimum atomic E-state index is -4.47. The molecule has 2 atom stereocenters. The summed E-state index contributed by atoms with van der Waals surface area (Å²) in [5.41, 5.74) is 2.53. The molecule has 4 aromatic rings. The zero-order valence-corrected chi connectivity index (χ0v) is 23.9. The van der Waals surface area contributed by atoms with Crippen molar-refractivity contribution >= 4 is 10.9 Å². The zero-order valence-electron chi connectivity index (χ0n) is 23.9. The number of aromatic nitrogens is 1. The van der Waals surface area contributed by atoms with Gasteiger partial charge in [-0.05, 0) is 92.3 Å². The van der Waals surface area contributed by atoms with Crippen LogP contribution in [0.4, 0.5) is 13.2 Å². The van der Waals surface area contributed by atoms with Crippen LogP contribution in [0.2, 0.25) is 0 Å². The first-order valence-corrected chi connectivity index (χ1v) is 13.8. The van der Waals surface area contributed by atoms with E-state index in [0.29, 0.717) is 52.1 Å². The highest BCUT2D eigenvalue weighted by molar-refractivity contribution is 5.86. The molecule has 0 aliphatic heterocycles. The fraction of sp³-hybridized carbons (Fsp3) is 0.375. The lowest BCUT2D eigenvalue weighted by Gasteiger charge is -2.39. The predicted molar refractivity (Wildman–Crippen MR) is 154 cm³/mol. The monoisotopic (exact) mass is 584 g/mol. The summed E-state index contributed by atoms with van der Waals surface area (Å²) in [6, 6.07) is 14.7. The van der Waals surface area contributed by atoms with E-state index in [1.54, 1.807) is 26.4 Å². The number of ether oxygens (including phenoxy) is 3. The maximum Gasteiger partial charge on any atom is 0.416 e. The van der Waals surface area contributed by atoms with E-state index in [1.165, 1.54) is 6.07 Å². The number of hydrogen-bond acceptors (Lipinski definition) is 6. The predicted octanol–water partition coefficient (Wildman–Crippen LogP) is 6.16. The first-order valence-electron chi connectivity index (χ1n) is 13.8. The maximum absolute atomic E-state index is 13.5. The maximum atomic E-state index is 13.5. The van der Waals surface area contributed by atoms with Crippen LogP contribution in [0, 0.1) is 0 Å². The van der Waals surface area contributed by atoms with E-state index in [0.717, 1.165) is 29.0 Å². The second kappa shape index (κ2) is 11.5. The number of H-pyrrole nitrogens is 1. The summed E-state index contributed by atoms with van der Waals surface area (Å²) in [4.78, 5) is 3.24. The zero-order chi connectivity index (χ0) is 30.2. The van der Waals surface area contributed by atoms with Crippen LogP contribution in [0.3, 0.4) is 0 Å². The van der Waals surface area contributed by atoms with Crippen molar-refractivity contribution < 1.29 is 37.6 Å². The summed E-state index contributed by atoms with van der Waals surface area (Å²) in [5, 5.41) is 25.8. The van der Waals surface area contributed by atoms with Gasteiger partial charge in [-0.3, -0.25) is 5.32 Å². The van der Waals surface area contributed by atoms with E-state index in [4.69, 9.17) is 14.2 Å². The summed E-state index contributed by atoms with van der Waals surface area (Å²) in [7, 11) is 3.12. The molecule has 1 aliphatic carbocycles. The molecule has 0 bridgehead atoms. The highest BCUT2D eigenvalue weighted by Crippen LogP contribution is 2.40. The van der Waals surface area contributed by atoms with E-state index in [-0.39, 0.29) is 19.1 Å². The Morgan fingerprint density at radius 2 is 1.64 bits per heavy atom. The van der Waals surface area contributed by atoms with Crippen molar-refractivity contribution in [2.45, 2.75) is 57.2 Å². The van der Waals surface area contributed by atoms with Crippen LogP contribution in [0.5, 0.6) is 17.2 Å². The van der Waals surface area contributed by atoms with Crippen molar-refractivity contribution in [3.63, 3.8) is 0 Å². The molecule has 0 saturated heterocycles. The first kappa shape index (κ1) is 29.8. The molecule has 3 aromatic carbocycles. The Hall–Kier alpha value is -3.73. The minimum Gasteiger partial charge on any atom is -0.493 e. The molecule has 1 heterocycles. The van der Waals surface area contributed by atoms with Gasteiger partial charge in [0.15, 0.2) is 11.5 Å². The van der Waals surface area contributed by atoms with Crippen molar-refractivity contribution in [1.82, 2.24) is 10.3 Å². The molecule has 0 amide bonds. The molecule has 2 unspecified atom stereocenters. The SMILES string of the molecule is COc1ccc(-c2ccc(OC(C)C)c(C(O)NC3(CO)CCc4[nH]c5ccc(C(F)(F)F)cc5c4C3)c2)cc1OC. The molecule has 4 N–H and O–H groups in total. The van der Waals surface area contributed by atoms with Gasteiger partial charge in [-0.2, -0.15) is 13.2 Å². The summed E-state index contributed by atoms with van der Waals surface area (Å²) in [6.45, 7) is 3.44. The summed E-state index contributed by atoms with van der Waals surface area (Å²) >= 11 is 0. The van der Waals surface area contributed by atoms with Crippen molar-refractivity contribution in [2.24, 2.45) is 0 Å². The lowest BCUT2D eigenvalue weighted by atomic mass is 9.79. The second-order valence-electron chi connectivity index (χ2n) is 11.0. The van der Waals surface area contributed by atoms with Crippen LogP contribution in [0.1, 0.15) is 48.9 Å². The third-order valence-corrected chi connectivity index (χ3v) is 7.82. The number of aliphatic hydroxyl groups is 2. The Morgan fingerprint density at radius 3 is 2.29 bits per heavy atom. The van der Waals surface area contributed by atoms with Gasteiger partial charge in [-0.25, -0.2) is 0 Å². The van der Waals surface area contributed by atoms with Crippen molar-refractivity contribution in [2.75, 3.05) is 20.8 Å². The molecule has 0 spiro atoms. The average molecular weight is 585 g/mol. The van der Waals surface area contributed by atoms with Gasteiger partial charge in [0.25, 0.3) is 0 Å². The Morgan fingerprint density at radius 1 is 0.952 bits per heavy atom. The van der Waals surface area contributed by atoms with Gasteiger partial charge < -0.3 is 29.4 Å². The van der Waals surface area contributed by atoms with Crippen molar-refractivity contribution in [3.05, 3.63) is 77.0 Å². The number of aromatic amines is 1. The molecule has 0 radical (unpaired) electrons. The average Bonchev–Trinajstić information content (AvgIpc) is 3.33. The number of alkyl halides is 3. The number of halogens is 3. The molecule has 7 nitrogen and oxygen atoms in total. The molecule has 224 valence electrons. The lowest BCUT2D eigenvalue weighted by molar-refractivity contribution is -0.137. The molecule has 1 aliphatic rings. The smallest absolute Gasteiger partial charge is 0.416 e. The van der Waals surface area contributed by atoms with Gasteiger partial charge in [0.1, 0.15) is 12.0 Å². The Kier molecular flexibility index (Phi) is 8.15. The van der Waals surface area contributed by atoms with Crippen LogP contribution < -0.4 is 19.5 Å². The fourth-order valence-electron chi connectivity index (χ4n) is 5.68. The van der Waals surface area contributed by atoms with Gasteiger partial charge in [-0.15, -0.1) is 0 Å². The van der Waals surface area contributed by atoms with Gasteiger partial charge in [0, 0.05) is 27.7 Å². The minimum absolute atomic E-state index is 0.166. The normalized spacial score (nSPS) is 17.8. The third-order valence-electron chi connectivity index (χ3n) is 7.82. The van der Waals surface area contributed by atoms with Gasteiger partial charge >= 0.3 is 6.18 Å². The van der Waals surface area contributed by atoms with Crippen LogP contribution in [0.15, 0.2) is 54.6 Å². The number of methoxy groups -OCH3 is 2. The molecule has 0 fully saturated rings. The number of aryl methyl sites for hydroxylation is 1. The van der Waals surface area contributed by atoms with E-state index in [2.05, 4.69) is 10.3 Å². The number of aliphatic hydroxyl groups excluding tert-OH is 2. The van der Waals surface area contributed by atoms with Crippen LogP contribution in [-0.4, -0.2) is 47.7 Å². The number of hydrogen-bond donors (Lipinski definition) is 4. The second-order valence-corrected chi connectivity index (χ2v) is 11.0. The van der Waals surface area contributed by atoms with E-state index >= 15 is 0 Å². The number of fused-ring (bicyclic) bond motifs is 3. The molecule has 0 saturated carbocycles. The molecule has 42 heavy (non-hydrogen) atoms. The van der Waals surface area contributed by atoms with Crippen LogP contribution in [-0.2, 0) is 19.0 Å². The highest BCUT2D eigenvalue weighted by Gasteiger charge is 2.39. The summed E-state index contributed by atoms with van der Waals surface area (Å²) in [6.07, 6.45) is -4.70. The Bertz CT molecular complexity index is 1580. The largest absolute Gasteiger partial charge is 0.493 e.